The molecule has 0 aliphatic carbocycles. The molecular formula is C38H23N3O3. The molecule has 5 aromatic carbocycles. The molecule has 0 fully saturated rings. The number of carboxylic acid groups (broad SMARTS) is 1. The van der Waals surface area contributed by atoms with Crippen LogP contribution in [0, 0.1) is 11.3 Å². The summed E-state index contributed by atoms with van der Waals surface area (Å²) in [5, 5.41) is 22.9. The van der Waals surface area contributed by atoms with Gasteiger partial charge in [0.15, 0.2) is 0 Å². The van der Waals surface area contributed by atoms with Gasteiger partial charge in [-0.1, -0.05) is 54.6 Å². The third-order valence-electron chi connectivity index (χ3n) is 8.17. The van der Waals surface area contributed by atoms with Crippen LogP contribution in [0.1, 0.15) is 5.76 Å². The summed E-state index contributed by atoms with van der Waals surface area (Å²) in [6.45, 7) is 0. The number of rotatable bonds is 5. The molecule has 0 bridgehead atoms. The van der Waals surface area contributed by atoms with E-state index in [0.717, 1.165) is 38.7 Å². The third kappa shape index (κ3) is 3.92. The molecule has 0 amide bonds. The summed E-state index contributed by atoms with van der Waals surface area (Å²) in [6.07, 6.45) is 1.24. The van der Waals surface area contributed by atoms with Crippen molar-refractivity contribution in [3.63, 3.8) is 0 Å². The number of furan rings is 1. The van der Waals surface area contributed by atoms with Crippen LogP contribution in [0.4, 0.5) is 0 Å². The summed E-state index contributed by atoms with van der Waals surface area (Å²) in [4.78, 5) is 11.2. The molecule has 44 heavy (non-hydrogen) atoms. The lowest BCUT2D eigenvalue weighted by molar-refractivity contribution is -0.132. The number of nitrogens with zero attached hydrogens (tertiary/aromatic N) is 3. The van der Waals surface area contributed by atoms with E-state index in [0.29, 0.717) is 11.5 Å². The molecule has 8 rings (SSSR count). The standard InChI is InChI=1S/C38H23N3O3/c39-23-25(38(42)43)21-28-18-20-37(44-28)24-13-19-36-32(22-24)31-9-3-6-12-35(31)41(36)27-16-14-26(15-17-27)40-33-10-4-1-7-29(33)30-8-2-5-11-34(30)40/h1-22H,(H,42,43)/b25-21+. The van der Waals surface area contributed by atoms with E-state index in [1.165, 1.54) is 27.9 Å². The lowest BCUT2D eigenvalue weighted by Crippen LogP contribution is -1.97. The maximum Gasteiger partial charge on any atom is 0.346 e. The number of nitriles is 1. The number of aliphatic carboxylic acids is 1. The summed E-state index contributed by atoms with van der Waals surface area (Å²) < 4.78 is 10.5. The molecule has 6 nitrogen and oxygen atoms in total. The Bertz CT molecular complexity index is 2430. The van der Waals surface area contributed by atoms with Crippen molar-refractivity contribution in [1.29, 1.82) is 5.26 Å². The van der Waals surface area contributed by atoms with Crippen LogP contribution in [0.3, 0.4) is 0 Å². The number of carbonyl (C=O) groups is 1. The van der Waals surface area contributed by atoms with Crippen molar-refractivity contribution in [1.82, 2.24) is 9.13 Å². The highest BCUT2D eigenvalue weighted by Gasteiger charge is 2.16. The largest absolute Gasteiger partial charge is 0.477 e. The zero-order valence-electron chi connectivity index (χ0n) is 23.3. The molecular weight excluding hydrogens is 546 g/mol. The lowest BCUT2D eigenvalue weighted by atomic mass is 10.1. The molecule has 208 valence electrons. The smallest absolute Gasteiger partial charge is 0.346 e. The van der Waals surface area contributed by atoms with Crippen molar-refractivity contribution >= 4 is 55.7 Å². The van der Waals surface area contributed by atoms with E-state index in [1.807, 2.05) is 18.2 Å². The Kier molecular flexibility index (Phi) is 5.71. The van der Waals surface area contributed by atoms with Crippen LogP contribution in [0.2, 0.25) is 0 Å². The first-order chi connectivity index (χ1) is 21.6. The molecule has 0 saturated carbocycles. The minimum Gasteiger partial charge on any atom is -0.477 e. The predicted octanol–water partition coefficient (Wildman–Crippen LogP) is 9.13. The van der Waals surface area contributed by atoms with E-state index in [9.17, 15) is 9.90 Å². The van der Waals surface area contributed by atoms with Gasteiger partial charge in [-0.25, -0.2) is 4.79 Å². The van der Waals surface area contributed by atoms with E-state index >= 15 is 0 Å². The molecule has 0 saturated heterocycles. The second-order valence-electron chi connectivity index (χ2n) is 10.6. The molecule has 3 heterocycles. The van der Waals surface area contributed by atoms with Gasteiger partial charge < -0.3 is 18.7 Å². The van der Waals surface area contributed by atoms with Crippen LogP contribution in [-0.4, -0.2) is 20.2 Å². The zero-order valence-corrected chi connectivity index (χ0v) is 23.3. The van der Waals surface area contributed by atoms with Crippen LogP contribution in [0.5, 0.6) is 0 Å². The summed E-state index contributed by atoms with van der Waals surface area (Å²) in [5.41, 5.74) is 7.12. The number of aromatic nitrogens is 2. The Labute approximate surface area is 251 Å². The van der Waals surface area contributed by atoms with Crippen LogP contribution in [0.25, 0.3) is 72.4 Å². The van der Waals surface area contributed by atoms with Gasteiger partial charge in [0.05, 0.1) is 22.1 Å². The van der Waals surface area contributed by atoms with E-state index < -0.39 is 5.97 Å². The first-order valence-electron chi connectivity index (χ1n) is 14.2. The summed E-state index contributed by atoms with van der Waals surface area (Å²) in [6, 6.07) is 45.3. The van der Waals surface area contributed by atoms with Crippen molar-refractivity contribution in [2.24, 2.45) is 0 Å². The van der Waals surface area contributed by atoms with Gasteiger partial charge in [-0.15, -0.1) is 0 Å². The van der Waals surface area contributed by atoms with Crippen molar-refractivity contribution in [2.45, 2.75) is 0 Å². The first-order valence-corrected chi connectivity index (χ1v) is 14.2. The second-order valence-corrected chi connectivity index (χ2v) is 10.6. The molecule has 0 aliphatic heterocycles. The monoisotopic (exact) mass is 569 g/mol. The predicted molar refractivity (Wildman–Crippen MR) is 174 cm³/mol. The minimum atomic E-state index is -1.29. The Balaban J connectivity index is 1.24. The van der Waals surface area contributed by atoms with Gasteiger partial charge >= 0.3 is 5.97 Å². The van der Waals surface area contributed by atoms with E-state index in [-0.39, 0.29) is 5.57 Å². The number of fused-ring (bicyclic) bond motifs is 6. The number of hydrogen-bond donors (Lipinski definition) is 1. The fraction of sp³-hybridized carbons (Fsp3) is 0. The molecule has 1 N–H and O–H groups in total. The van der Waals surface area contributed by atoms with Gasteiger partial charge in [0, 0.05) is 44.6 Å². The zero-order chi connectivity index (χ0) is 29.8. The average molecular weight is 570 g/mol. The van der Waals surface area contributed by atoms with Gasteiger partial charge in [0.1, 0.15) is 23.2 Å². The van der Waals surface area contributed by atoms with Crippen LogP contribution < -0.4 is 0 Å². The van der Waals surface area contributed by atoms with Crippen LogP contribution in [0.15, 0.2) is 137 Å². The number of hydrogen-bond acceptors (Lipinski definition) is 3. The van der Waals surface area contributed by atoms with E-state index in [4.69, 9.17) is 9.68 Å². The van der Waals surface area contributed by atoms with Crippen molar-refractivity contribution in [3.05, 3.63) is 139 Å². The van der Waals surface area contributed by atoms with Crippen molar-refractivity contribution in [3.8, 4) is 28.8 Å². The second kappa shape index (κ2) is 9.90. The fourth-order valence-electron chi connectivity index (χ4n) is 6.23. The molecule has 0 atom stereocenters. The quantitative estimate of drug-likeness (QED) is 0.165. The number of para-hydroxylation sites is 3. The first kappa shape index (κ1) is 25.4. The Hall–Kier alpha value is -6.32. The molecule has 8 aromatic rings. The molecule has 0 spiro atoms. The van der Waals surface area contributed by atoms with Gasteiger partial charge in [-0.2, -0.15) is 5.26 Å². The fourth-order valence-corrected chi connectivity index (χ4v) is 6.23. The number of carboxylic acids is 1. The third-order valence-corrected chi connectivity index (χ3v) is 8.17. The normalized spacial score (nSPS) is 11.9. The van der Waals surface area contributed by atoms with Gasteiger partial charge in [-0.3, -0.25) is 0 Å². The Morgan fingerprint density at radius 1 is 0.636 bits per heavy atom. The van der Waals surface area contributed by atoms with E-state index in [1.54, 1.807) is 18.2 Å². The summed E-state index contributed by atoms with van der Waals surface area (Å²) in [5.74, 6) is -0.388. The Morgan fingerprint density at radius 3 is 1.66 bits per heavy atom. The number of benzene rings is 5. The van der Waals surface area contributed by atoms with Crippen LogP contribution >= 0.6 is 0 Å². The molecule has 0 unspecified atom stereocenters. The maximum atomic E-state index is 11.2. The lowest BCUT2D eigenvalue weighted by Gasteiger charge is -2.11. The maximum absolute atomic E-state index is 11.2. The van der Waals surface area contributed by atoms with E-state index in [2.05, 4.69) is 106 Å². The minimum absolute atomic E-state index is 0.310. The van der Waals surface area contributed by atoms with Gasteiger partial charge in [-0.05, 0) is 72.8 Å². The molecule has 0 aliphatic rings. The summed E-state index contributed by atoms with van der Waals surface area (Å²) >= 11 is 0. The highest BCUT2D eigenvalue weighted by molar-refractivity contribution is 6.11. The van der Waals surface area contributed by atoms with Gasteiger partial charge in [0.2, 0.25) is 0 Å². The van der Waals surface area contributed by atoms with Crippen LogP contribution in [-0.2, 0) is 4.79 Å². The SMILES string of the molecule is N#C/C(=C\c1ccc(-c2ccc3c(c2)c2ccccc2n3-c2ccc(-n3c4ccccc4c4ccccc43)cc2)o1)C(=O)O. The molecule has 6 heteroatoms. The highest BCUT2D eigenvalue weighted by atomic mass is 16.4. The Morgan fingerprint density at radius 2 is 1.14 bits per heavy atom. The van der Waals surface area contributed by atoms with Crippen molar-refractivity contribution in [2.75, 3.05) is 0 Å². The molecule has 0 radical (unpaired) electrons. The van der Waals surface area contributed by atoms with Crippen molar-refractivity contribution < 1.29 is 14.3 Å². The summed E-state index contributed by atoms with van der Waals surface area (Å²) in [7, 11) is 0. The average Bonchev–Trinajstić information content (AvgIpc) is 3.76. The highest BCUT2D eigenvalue weighted by Crippen LogP contribution is 2.36. The topological polar surface area (TPSA) is 84.1 Å². The molecule has 3 aromatic heterocycles. The van der Waals surface area contributed by atoms with Gasteiger partial charge in [0.25, 0.3) is 0 Å².